The Morgan fingerprint density at radius 3 is 2.49 bits per heavy atom. The van der Waals surface area contributed by atoms with Crippen LogP contribution in [0, 0.1) is 13.8 Å². The van der Waals surface area contributed by atoms with Gasteiger partial charge in [-0.25, -0.2) is 4.98 Å². The third-order valence-corrected chi connectivity index (χ3v) is 7.73. The van der Waals surface area contributed by atoms with E-state index < -0.39 is 0 Å². The molecule has 37 heavy (non-hydrogen) atoms. The van der Waals surface area contributed by atoms with Crippen LogP contribution in [0.5, 0.6) is 0 Å². The molecule has 2 aromatic heterocycles. The monoisotopic (exact) mass is 516 g/mol. The summed E-state index contributed by atoms with van der Waals surface area (Å²) < 4.78 is 5.43. The van der Waals surface area contributed by atoms with Crippen molar-refractivity contribution in [3.8, 4) is 11.1 Å². The van der Waals surface area contributed by atoms with Crippen molar-refractivity contribution in [1.82, 2.24) is 20.0 Å². The van der Waals surface area contributed by atoms with Crippen LogP contribution < -0.4 is 10.2 Å². The average molecular weight is 517 g/mol. The van der Waals surface area contributed by atoms with Gasteiger partial charge >= 0.3 is 0 Å². The number of aryl methyl sites for hydroxylation is 2. The van der Waals surface area contributed by atoms with Crippen molar-refractivity contribution < 1.29 is 9.32 Å². The van der Waals surface area contributed by atoms with Crippen LogP contribution in [0.15, 0.2) is 47.0 Å². The molecular weight excluding hydrogens is 488 g/mol. The number of hydrogen-bond donors (Lipinski definition) is 1. The normalized spacial score (nSPS) is 16.8. The van der Waals surface area contributed by atoms with Crippen LogP contribution in [-0.2, 0) is 10.3 Å². The van der Waals surface area contributed by atoms with E-state index >= 15 is 0 Å². The molecule has 2 aromatic carbocycles. The van der Waals surface area contributed by atoms with Gasteiger partial charge in [0.15, 0.2) is 0 Å². The largest absolute Gasteiger partial charge is 0.361 e. The third kappa shape index (κ3) is 4.39. The van der Waals surface area contributed by atoms with Crippen molar-refractivity contribution in [1.29, 1.82) is 0 Å². The van der Waals surface area contributed by atoms with Crippen molar-refractivity contribution in [3.63, 3.8) is 0 Å². The van der Waals surface area contributed by atoms with Gasteiger partial charge in [-0.05, 0) is 62.1 Å². The maximum Gasteiger partial charge on any atom is 0.228 e. The van der Waals surface area contributed by atoms with Gasteiger partial charge in [0.1, 0.15) is 11.6 Å². The number of nitrogens with one attached hydrogen (secondary N) is 1. The van der Waals surface area contributed by atoms with Gasteiger partial charge in [-0.1, -0.05) is 35.0 Å². The molecule has 0 spiro atoms. The molecule has 0 radical (unpaired) electrons. The molecule has 1 saturated carbocycles. The molecular formula is C28H29ClN6O2. The Balaban J connectivity index is 1.43. The van der Waals surface area contributed by atoms with Crippen molar-refractivity contribution in [2.75, 3.05) is 36.4 Å². The van der Waals surface area contributed by atoms with E-state index in [0.29, 0.717) is 32.1 Å². The molecule has 1 saturated heterocycles. The lowest BCUT2D eigenvalue weighted by atomic mass is 10.0. The molecule has 1 N–H and O–H groups in total. The predicted octanol–water partition coefficient (Wildman–Crippen LogP) is 5.32. The number of halogens is 1. The number of nitrogens with zero attached hydrogens (tertiary/aromatic N) is 5. The zero-order valence-electron chi connectivity index (χ0n) is 21.2. The van der Waals surface area contributed by atoms with Gasteiger partial charge in [0, 0.05) is 49.1 Å². The van der Waals surface area contributed by atoms with Gasteiger partial charge in [0.2, 0.25) is 11.9 Å². The van der Waals surface area contributed by atoms with E-state index in [-0.39, 0.29) is 11.4 Å². The molecule has 1 aliphatic carbocycles. The van der Waals surface area contributed by atoms with Gasteiger partial charge < -0.3 is 19.6 Å². The molecule has 4 aromatic rings. The molecule has 0 bridgehead atoms. The number of fused-ring (bicyclic) bond motifs is 1. The minimum Gasteiger partial charge on any atom is -0.361 e. The molecule has 2 fully saturated rings. The Kier molecular flexibility index (Phi) is 5.79. The number of rotatable bonds is 5. The van der Waals surface area contributed by atoms with E-state index in [0.717, 1.165) is 62.7 Å². The molecule has 0 atom stereocenters. The van der Waals surface area contributed by atoms with E-state index in [2.05, 4.69) is 33.6 Å². The third-order valence-electron chi connectivity index (χ3n) is 7.50. The summed E-state index contributed by atoms with van der Waals surface area (Å²) in [7, 11) is 0. The van der Waals surface area contributed by atoms with Crippen LogP contribution >= 0.6 is 11.6 Å². The van der Waals surface area contributed by atoms with Crippen molar-refractivity contribution in [2.45, 2.75) is 39.2 Å². The van der Waals surface area contributed by atoms with Gasteiger partial charge in [0.25, 0.3) is 0 Å². The Hall–Kier alpha value is -3.65. The quantitative estimate of drug-likeness (QED) is 0.384. The van der Waals surface area contributed by atoms with Crippen molar-refractivity contribution in [2.24, 2.45) is 0 Å². The van der Waals surface area contributed by atoms with Crippen LogP contribution in [0.25, 0.3) is 22.0 Å². The second-order valence-corrected chi connectivity index (χ2v) is 10.5. The fraction of sp³-hybridized carbons (Fsp3) is 0.357. The molecule has 8 nitrogen and oxygen atoms in total. The summed E-state index contributed by atoms with van der Waals surface area (Å²) in [4.78, 5) is 25.8. The lowest BCUT2D eigenvalue weighted by molar-refractivity contribution is -0.129. The first kappa shape index (κ1) is 23.7. The lowest BCUT2D eigenvalue weighted by Gasteiger charge is -2.34. The molecule has 6 rings (SSSR count). The zero-order chi connectivity index (χ0) is 25.7. The Morgan fingerprint density at radius 1 is 1.05 bits per heavy atom. The van der Waals surface area contributed by atoms with Crippen molar-refractivity contribution in [3.05, 3.63) is 64.5 Å². The summed E-state index contributed by atoms with van der Waals surface area (Å²) in [5.74, 6) is 2.35. The number of carbonyl (C=O) groups excluding carboxylic acids is 1. The van der Waals surface area contributed by atoms with E-state index in [1.54, 1.807) is 6.92 Å². The fourth-order valence-electron chi connectivity index (χ4n) is 5.25. The number of hydrogen-bond acceptors (Lipinski definition) is 7. The molecule has 9 heteroatoms. The van der Waals surface area contributed by atoms with Crippen LogP contribution in [0.3, 0.4) is 0 Å². The summed E-state index contributed by atoms with van der Waals surface area (Å²) in [5, 5.41) is 9.59. The van der Waals surface area contributed by atoms with Gasteiger partial charge in [0.05, 0.1) is 16.7 Å². The molecule has 190 valence electrons. The Labute approximate surface area is 220 Å². The van der Waals surface area contributed by atoms with Crippen molar-refractivity contribution >= 4 is 40.2 Å². The summed E-state index contributed by atoms with van der Waals surface area (Å²) in [6, 6.07) is 14.3. The average Bonchev–Trinajstić information content (AvgIpc) is 3.60. The van der Waals surface area contributed by atoms with Gasteiger partial charge in [-0.2, -0.15) is 4.98 Å². The molecule has 3 heterocycles. The minimum absolute atomic E-state index is 0.102. The van der Waals surface area contributed by atoms with Gasteiger partial charge in [-0.3, -0.25) is 4.79 Å². The van der Waals surface area contributed by atoms with E-state index in [4.69, 9.17) is 26.1 Å². The number of benzene rings is 2. The van der Waals surface area contributed by atoms with Crippen LogP contribution in [-0.4, -0.2) is 52.1 Å². The highest BCUT2D eigenvalue weighted by molar-refractivity contribution is 6.30. The standard InChI is InChI=1S/C28H29ClN6O2/c1-17-25(18(2)37-33-17)20-7-8-24-23(15-20)26(32-28(9-10-28)21-5-4-6-22(29)16-21)31-27(30-24)35-13-11-34(12-14-35)19(3)36/h4-8,15-16H,9-14H2,1-3H3,(H,30,31,32). The number of carbonyl (C=O) groups is 1. The highest BCUT2D eigenvalue weighted by Gasteiger charge is 2.45. The second-order valence-electron chi connectivity index (χ2n) is 10.0. The number of piperazine rings is 1. The lowest BCUT2D eigenvalue weighted by Crippen LogP contribution is -2.48. The first-order chi connectivity index (χ1) is 17.8. The van der Waals surface area contributed by atoms with E-state index in [9.17, 15) is 4.79 Å². The predicted molar refractivity (Wildman–Crippen MR) is 145 cm³/mol. The highest BCUT2D eigenvalue weighted by atomic mass is 35.5. The number of anilines is 2. The Morgan fingerprint density at radius 2 is 1.84 bits per heavy atom. The Bertz CT molecular complexity index is 1480. The summed E-state index contributed by atoms with van der Waals surface area (Å²) in [6.07, 6.45) is 1.99. The van der Waals surface area contributed by atoms with Crippen LogP contribution in [0.2, 0.25) is 5.02 Å². The maximum atomic E-state index is 11.8. The second kappa shape index (κ2) is 9.03. The van der Waals surface area contributed by atoms with E-state index in [1.807, 2.05) is 43.0 Å². The SMILES string of the molecule is CC(=O)N1CCN(c2nc(NC3(c4cccc(Cl)c4)CC3)c3cc(-c4c(C)noc4C)ccc3n2)CC1. The molecule has 1 amide bonds. The number of amides is 1. The smallest absolute Gasteiger partial charge is 0.228 e. The van der Waals surface area contributed by atoms with Crippen LogP contribution in [0.4, 0.5) is 11.8 Å². The topological polar surface area (TPSA) is 87.4 Å². The highest BCUT2D eigenvalue weighted by Crippen LogP contribution is 2.49. The zero-order valence-corrected chi connectivity index (χ0v) is 22.0. The first-order valence-electron chi connectivity index (χ1n) is 12.6. The first-order valence-corrected chi connectivity index (χ1v) is 13.0. The van der Waals surface area contributed by atoms with Gasteiger partial charge in [-0.15, -0.1) is 0 Å². The van der Waals surface area contributed by atoms with E-state index in [1.165, 1.54) is 0 Å². The minimum atomic E-state index is -0.212. The molecule has 1 aliphatic heterocycles. The molecule has 0 unspecified atom stereocenters. The summed E-state index contributed by atoms with van der Waals surface area (Å²) in [5.41, 5.74) is 4.67. The van der Waals surface area contributed by atoms with Crippen LogP contribution in [0.1, 0.15) is 36.8 Å². The number of aromatic nitrogens is 3. The summed E-state index contributed by atoms with van der Waals surface area (Å²) >= 11 is 6.34. The summed E-state index contributed by atoms with van der Waals surface area (Å²) in [6.45, 7) is 8.22. The fourth-order valence-corrected chi connectivity index (χ4v) is 5.44. The maximum absolute atomic E-state index is 11.8. The molecule has 2 aliphatic rings.